The average Bonchev–Trinajstić information content (AvgIpc) is 1.80. The number of nitrogens with zero attached hydrogens (tertiary/aromatic N) is 2. The van der Waals surface area contributed by atoms with Gasteiger partial charge in [-0.25, -0.2) is 9.97 Å². The van der Waals surface area contributed by atoms with Crippen LogP contribution in [0.1, 0.15) is 0 Å². The van der Waals surface area contributed by atoms with Crippen molar-refractivity contribution in [1.82, 2.24) is 9.97 Å². The van der Waals surface area contributed by atoms with Gasteiger partial charge in [0.1, 0.15) is 5.15 Å². The predicted octanol–water partition coefficient (Wildman–Crippen LogP) is 2.44. The molecule has 0 aromatic carbocycles. The molecule has 0 fully saturated rings. The molecule has 0 bridgehead atoms. The van der Waals surface area contributed by atoms with Crippen molar-refractivity contribution in [1.29, 1.82) is 0 Å². The highest BCUT2D eigenvalue weighted by Gasteiger charge is 1.98. The summed E-state index contributed by atoms with van der Waals surface area (Å²) in [5.74, 6) is 0. The Morgan fingerprint density at radius 1 is 1.11 bits per heavy atom. The molecule has 0 unspecified atom stereocenters. The quantitative estimate of drug-likeness (QED) is 0.617. The highest BCUT2D eigenvalue weighted by atomic mass is 35.5. The summed E-state index contributed by atoms with van der Waals surface area (Å²) in [5.41, 5.74) is 0. The van der Waals surface area contributed by atoms with Gasteiger partial charge in [0, 0.05) is 0 Å². The van der Waals surface area contributed by atoms with E-state index in [2.05, 4.69) is 9.97 Å². The number of rotatable bonds is 0. The monoisotopic (exact) mass is 182 g/mol. The zero-order chi connectivity index (χ0) is 6.85. The molecular weight excluding hydrogens is 182 g/mol. The third-order valence-electron chi connectivity index (χ3n) is 0.660. The van der Waals surface area contributed by atoms with Gasteiger partial charge in [0.05, 0.1) is 6.20 Å². The molecule has 2 nitrogen and oxygen atoms in total. The molecule has 0 radical (unpaired) electrons. The van der Waals surface area contributed by atoms with Crippen LogP contribution in [0.5, 0.6) is 0 Å². The summed E-state index contributed by atoms with van der Waals surface area (Å²) < 4.78 is 0. The molecule has 0 spiro atoms. The predicted molar refractivity (Wildman–Crippen MR) is 37.1 cm³/mol. The van der Waals surface area contributed by atoms with Gasteiger partial charge >= 0.3 is 0 Å². The summed E-state index contributed by atoms with van der Waals surface area (Å²) >= 11 is 16.2. The third-order valence-corrected chi connectivity index (χ3v) is 1.48. The first-order chi connectivity index (χ1) is 4.20. The summed E-state index contributed by atoms with van der Waals surface area (Å²) in [6.07, 6.45) is 1.33. The first kappa shape index (κ1) is 7.06. The van der Waals surface area contributed by atoms with E-state index in [-0.39, 0.29) is 15.5 Å². The van der Waals surface area contributed by atoms with Gasteiger partial charge in [-0.15, -0.1) is 0 Å². The van der Waals surface area contributed by atoms with Crippen molar-refractivity contribution in [3.8, 4) is 0 Å². The van der Waals surface area contributed by atoms with E-state index in [1.807, 2.05) is 0 Å². The van der Waals surface area contributed by atoms with Crippen LogP contribution in [0.3, 0.4) is 0 Å². The van der Waals surface area contributed by atoms with E-state index < -0.39 is 0 Å². The van der Waals surface area contributed by atoms with Crippen molar-refractivity contribution >= 4 is 34.8 Å². The van der Waals surface area contributed by atoms with E-state index in [9.17, 15) is 0 Å². The number of aromatic nitrogens is 2. The standard InChI is InChI=1S/C4HCl3N2/c5-2-1-8-3(6)4(7)9-2/h1H. The Bertz CT molecular complexity index is 225. The van der Waals surface area contributed by atoms with Crippen LogP contribution in [0.4, 0.5) is 0 Å². The van der Waals surface area contributed by atoms with Crippen molar-refractivity contribution in [2.45, 2.75) is 0 Å². The molecule has 5 heteroatoms. The van der Waals surface area contributed by atoms with Crippen LogP contribution in [0.2, 0.25) is 15.5 Å². The van der Waals surface area contributed by atoms with Gasteiger partial charge in [-0.1, -0.05) is 34.8 Å². The molecule has 1 aromatic rings. The molecule has 9 heavy (non-hydrogen) atoms. The van der Waals surface area contributed by atoms with E-state index >= 15 is 0 Å². The van der Waals surface area contributed by atoms with Crippen LogP contribution < -0.4 is 0 Å². The van der Waals surface area contributed by atoms with Crippen LogP contribution in [-0.4, -0.2) is 9.97 Å². The van der Waals surface area contributed by atoms with Gasteiger partial charge in [-0.3, -0.25) is 0 Å². The minimum Gasteiger partial charge on any atom is -0.238 e. The van der Waals surface area contributed by atoms with Crippen molar-refractivity contribution < 1.29 is 0 Å². The van der Waals surface area contributed by atoms with Gasteiger partial charge in [0.15, 0.2) is 10.3 Å². The lowest BCUT2D eigenvalue weighted by atomic mass is 10.8. The summed E-state index contributed by atoms with van der Waals surface area (Å²) in [6.45, 7) is 0. The average molecular weight is 183 g/mol. The Labute approximate surface area is 66.8 Å². The van der Waals surface area contributed by atoms with E-state index in [0.717, 1.165) is 0 Å². The first-order valence-electron chi connectivity index (χ1n) is 2.03. The highest BCUT2D eigenvalue weighted by molar-refractivity contribution is 6.40. The Morgan fingerprint density at radius 3 is 2.22 bits per heavy atom. The van der Waals surface area contributed by atoms with Crippen molar-refractivity contribution in [2.24, 2.45) is 0 Å². The molecule has 0 aliphatic rings. The molecule has 1 rings (SSSR count). The van der Waals surface area contributed by atoms with Gasteiger partial charge in [0.2, 0.25) is 0 Å². The first-order valence-corrected chi connectivity index (χ1v) is 3.17. The normalized spacial score (nSPS) is 9.67. The molecule has 0 saturated carbocycles. The van der Waals surface area contributed by atoms with E-state index in [4.69, 9.17) is 34.8 Å². The van der Waals surface area contributed by atoms with Crippen LogP contribution in [0, 0.1) is 0 Å². The smallest absolute Gasteiger partial charge is 0.168 e. The highest BCUT2D eigenvalue weighted by Crippen LogP contribution is 2.17. The molecule has 0 aliphatic heterocycles. The molecule has 0 N–H and O–H groups in total. The van der Waals surface area contributed by atoms with Crippen LogP contribution in [0.25, 0.3) is 0 Å². The fraction of sp³-hybridized carbons (Fsp3) is 0. The van der Waals surface area contributed by atoms with Crippen molar-refractivity contribution in [3.05, 3.63) is 21.7 Å². The van der Waals surface area contributed by atoms with Crippen molar-refractivity contribution in [3.63, 3.8) is 0 Å². The number of hydrogen-bond acceptors (Lipinski definition) is 2. The molecule has 1 aromatic heterocycles. The zero-order valence-corrected chi connectivity index (χ0v) is 6.37. The molecule has 0 aliphatic carbocycles. The summed E-state index contributed by atoms with van der Waals surface area (Å²) in [7, 11) is 0. The van der Waals surface area contributed by atoms with Crippen LogP contribution in [-0.2, 0) is 0 Å². The molecular formula is C4HCl3N2. The van der Waals surface area contributed by atoms with Gasteiger partial charge in [-0.05, 0) is 0 Å². The Balaban J connectivity index is 3.17. The minimum atomic E-state index is 0.129. The summed E-state index contributed by atoms with van der Waals surface area (Å²) in [5, 5.41) is 0.537. The maximum absolute atomic E-state index is 5.42. The second-order valence-corrected chi connectivity index (χ2v) is 2.38. The third kappa shape index (κ3) is 1.68. The Morgan fingerprint density at radius 2 is 1.78 bits per heavy atom. The molecule has 48 valence electrons. The molecule has 0 saturated heterocycles. The topological polar surface area (TPSA) is 25.8 Å². The second kappa shape index (κ2) is 2.69. The zero-order valence-electron chi connectivity index (χ0n) is 4.11. The Hall–Kier alpha value is -0.0500. The minimum absolute atomic E-state index is 0.129. The fourth-order valence-corrected chi connectivity index (χ4v) is 0.739. The maximum atomic E-state index is 5.42. The van der Waals surface area contributed by atoms with Gasteiger partial charge in [0.25, 0.3) is 0 Å². The molecule has 1 heterocycles. The summed E-state index contributed by atoms with van der Waals surface area (Å²) in [6, 6.07) is 0. The van der Waals surface area contributed by atoms with E-state index in [1.165, 1.54) is 6.20 Å². The maximum Gasteiger partial charge on any atom is 0.168 e. The number of halogens is 3. The lowest BCUT2D eigenvalue weighted by Gasteiger charge is -1.90. The lowest BCUT2D eigenvalue weighted by Crippen LogP contribution is -1.80. The Kier molecular flexibility index (Phi) is 2.11. The van der Waals surface area contributed by atoms with Crippen LogP contribution in [0.15, 0.2) is 6.20 Å². The van der Waals surface area contributed by atoms with Gasteiger partial charge in [-0.2, -0.15) is 0 Å². The number of hydrogen-bond donors (Lipinski definition) is 0. The fourth-order valence-electron chi connectivity index (χ4n) is 0.332. The second-order valence-electron chi connectivity index (χ2n) is 1.27. The SMILES string of the molecule is Clc1cnc(Cl)c(Cl)n1. The van der Waals surface area contributed by atoms with Gasteiger partial charge < -0.3 is 0 Å². The van der Waals surface area contributed by atoms with Crippen LogP contribution >= 0.6 is 34.8 Å². The molecule has 0 amide bonds. The van der Waals surface area contributed by atoms with E-state index in [1.54, 1.807) is 0 Å². The molecule has 0 atom stereocenters. The lowest BCUT2D eigenvalue weighted by molar-refractivity contribution is 1.20. The summed E-state index contributed by atoms with van der Waals surface area (Å²) in [4.78, 5) is 7.23. The largest absolute Gasteiger partial charge is 0.238 e. The van der Waals surface area contributed by atoms with E-state index in [0.29, 0.717) is 0 Å². The van der Waals surface area contributed by atoms with Crippen molar-refractivity contribution in [2.75, 3.05) is 0 Å².